The van der Waals surface area contributed by atoms with Crippen molar-refractivity contribution in [3.05, 3.63) is 47.4 Å². The Morgan fingerprint density at radius 2 is 2.00 bits per heavy atom. The van der Waals surface area contributed by atoms with Crippen LogP contribution in [0.4, 0.5) is 4.39 Å². The summed E-state index contributed by atoms with van der Waals surface area (Å²) in [5.41, 5.74) is 0.450. The van der Waals surface area contributed by atoms with Gasteiger partial charge in [-0.3, -0.25) is 0 Å². The van der Waals surface area contributed by atoms with Gasteiger partial charge in [0.15, 0.2) is 5.82 Å². The molecule has 1 heterocycles. The monoisotopic (exact) mass is 287 g/mol. The summed E-state index contributed by atoms with van der Waals surface area (Å²) in [6.07, 6.45) is 1.15. The van der Waals surface area contributed by atoms with Gasteiger partial charge in [-0.25, -0.2) is 4.39 Å². The second-order valence-electron chi connectivity index (χ2n) is 5.69. The van der Waals surface area contributed by atoms with E-state index < -0.39 is 5.41 Å². The third-order valence-corrected chi connectivity index (χ3v) is 3.68. The van der Waals surface area contributed by atoms with Crippen LogP contribution >= 0.6 is 0 Å². The Morgan fingerprint density at radius 1 is 1.33 bits per heavy atom. The highest BCUT2D eigenvalue weighted by molar-refractivity contribution is 5.30. The fourth-order valence-electron chi connectivity index (χ4n) is 2.09. The van der Waals surface area contributed by atoms with E-state index >= 15 is 0 Å². The molecule has 0 spiro atoms. The van der Waals surface area contributed by atoms with E-state index in [0.29, 0.717) is 24.6 Å². The maximum atomic E-state index is 13.0. The van der Waals surface area contributed by atoms with Gasteiger partial charge in [0.2, 0.25) is 5.89 Å². The molecule has 0 fully saturated rings. The van der Waals surface area contributed by atoms with Crippen molar-refractivity contribution in [3.8, 4) is 6.07 Å². The van der Waals surface area contributed by atoms with Gasteiger partial charge in [-0.2, -0.15) is 10.2 Å². The highest BCUT2D eigenvalue weighted by Gasteiger charge is 2.29. The molecule has 0 amide bonds. The number of hydrogen-bond acceptors (Lipinski definition) is 4. The van der Waals surface area contributed by atoms with Gasteiger partial charge in [-0.05, 0) is 38.0 Å². The standard InChI is InChI=1S/C16H18FN3O/c1-11(5-4-10-18)14-19-15(20-21-14)16(2,3)12-6-8-13(17)9-7-12/h6-9,11H,4-5H2,1-3H3. The second-order valence-corrected chi connectivity index (χ2v) is 5.69. The van der Waals surface area contributed by atoms with E-state index in [4.69, 9.17) is 9.78 Å². The van der Waals surface area contributed by atoms with Crippen molar-refractivity contribution in [2.24, 2.45) is 0 Å². The predicted octanol–water partition coefficient (Wildman–Crippen LogP) is 3.94. The Morgan fingerprint density at radius 3 is 2.62 bits per heavy atom. The maximum Gasteiger partial charge on any atom is 0.229 e. The largest absolute Gasteiger partial charge is 0.339 e. The SMILES string of the molecule is CC(CCC#N)c1nc(C(C)(C)c2ccc(F)cc2)no1. The predicted molar refractivity (Wildman–Crippen MR) is 76.1 cm³/mol. The minimum atomic E-state index is -0.468. The van der Waals surface area contributed by atoms with Crippen LogP contribution in [-0.4, -0.2) is 10.1 Å². The molecule has 1 aromatic heterocycles. The molecule has 0 aliphatic rings. The van der Waals surface area contributed by atoms with Crippen LogP contribution in [0.2, 0.25) is 0 Å². The van der Waals surface area contributed by atoms with E-state index in [1.807, 2.05) is 20.8 Å². The number of hydrogen-bond donors (Lipinski definition) is 0. The molecule has 110 valence electrons. The quantitative estimate of drug-likeness (QED) is 0.835. The molecule has 1 aromatic carbocycles. The number of nitrogens with zero attached hydrogens (tertiary/aromatic N) is 3. The van der Waals surface area contributed by atoms with Crippen molar-refractivity contribution < 1.29 is 8.91 Å². The number of benzene rings is 1. The first-order chi connectivity index (χ1) is 9.95. The lowest BCUT2D eigenvalue weighted by atomic mass is 9.84. The minimum Gasteiger partial charge on any atom is -0.339 e. The Balaban J connectivity index is 2.23. The van der Waals surface area contributed by atoms with E-state index in [2.05, 4.69) is 16.2 Å². The van der Waals surface area contributed by atoms with Gasteiger partial charge in [0.25, 0.3) is 0 Å². The van der Waals surface area contributed by atoms with E-state index in [1.165, 1.54) is 12.1 Å². The summed E-state index contributed by atoms with van der Waals surface area (Å²) < 4.78 is 18.3. The normalized spacial score (nSPS) is 12.9. The fourth-order valence-corrected chi connectivity index (χ4v) is 2.09. The van der Waals surface area contributed by atoms with Crippen molar-refractivity contribution in [2.75, 3.05) is 0 Å². The summed E-state index contributed by atoms with van der Waals surface area (Å²) in [5.74, 6) is 0.881. The first kappa shape index (κ1) is 15.2. The van der Waals surface area contributed by atoms with Gasteiger partial charge in [0.1, 0.15) is 5.82 Å². The molecule has 0 aliphatic carbocycles. The molecule has 1 atom stereocenters. The molecule has 0 saturated carbocycles. The Hall–Kier alpha value is -2.22. The van der Waals surface area contributed by atoms with Gasteiger partial charge in [-0.1, -0.05) is 24.2 Å². The van der Waals surface area contributed by atoms with Crippen molar-refractivity contribution in [1.82, 2.24) is 10.1 Å². The molecule has 0 bridgehead atoms. The minimum absolute atomic E-state index is 0.0508. The molecule has 0 aliphatic heterocycles. The van der Waals surface area contributed by atoms with Crippen LogP contribution in [-0.2, 0) is 5.41 Å². The number of nitriles is 1. The number of rotatable bonds is 5. The molecule has 5 heteroatoms. The first-order valence-electron chi connectivity index (χ1n) is 6.92. The third-order valence-electron chi connectivity index (χ3n) is 3.68. The summed E-state index contributed by atoms with van der Waals surface area (Å²) in [5, 5.41) is 12.7. The molecule has 1 unspecified atom stereocenters. The summed E-state index contributed by atoms with van der Waals surface area (Å²) in [4.78, 5) is 4.45. The topological polar surface area (TPSA) is 62.7 Å². The van der Waals surface area contributed by atoms with Crippen LogP contribution in [0.1, 0.15) is 56.8 Å². The second kappa shape index (κ2) is 6.04. The van der Waals surface area contributed by atoms with E-state index in [-0.39, 0.29) is 11.7 Å². The van der Waals surface area contributed by atoms with Gasteiger partial charge in [-0.15, -0.1) is 0 Å². The van der Waals surface area contributed by atoms with Crippen LogP contribution < -0.4 is 0 Å². The van der Waals surface area contributed by atoms with Crippen LogP contribution in [0.25, 0.3) is 0 Å². The zero-order chi connectivity index (χ0) is 15.5. The van der Waals surface area contributed by atoms with Gasteiger partial charge >= 0.3 is 0 Å². The highest BCUT2D eigenvalue weighted by Crippen LogP contribution is 2.30. The number of aromatic nitrogens is 2. The van der Waals surface area contributed by atoms with Crippen molar-refractivity contribution >= 4 is 0 Å². The molecular weight excluding hydrogens is 269 g/mol. The average molecular weight is 287 g/mol. The Kier molecular flexibility index (Phi) is 4.37. The van der Waals surface area contributed by atoms with Crippen LogP contribution in [0, 0.1) is 17.1 Å². The van der Waals surface area contributed by atoms with Crippen molar-refractivity contribution in [2.45, 2.75) is 44.9 Å². The van der Waals surface area contributed by atoms with Crippen molar-refractivity contribution in [1.29, 1.82) is 5.26 Å². The molecule has 0 N–H and O–H groups in total. The smallest absolute Gasteiger partial charge is 0.229 e. The molecular formula is C16H18FN3O. The van der Waals surface area contributed by atoms with Crippen LogP contribution in [0.5, 0.6) is 0 Å². The van der Waals surface area contributed by atoms with E-state index in [9.17, 15) is 4.39 Å². The lowest BCUT2D eigenvalue weighted by Gasteiger charge is -2.20. The molecule has 21 heavy (non-hydrogen) atoms. The lowest BCUT2D eigenvalue weighted by Crippen LogP contribution is -2.20. The van der Waals surface area contributed by atoms with Crippen LogP contribution in [0.3, 0.4) is 0 Å². The zero-order valence-corrected chi connectivity index (χ0v) is 12.4. The highest BCUT2D eigenvalue weighted by atomic mass is 19.1. The molecule has 0 radical (unpaired) electrons. The third kappa shape index (κ3) is 3.27. The summed E-state index contributed by atoms with van der Waals surface area (Å²) >= 11 is 0. The molecule has 2 rings (SSSR count). The van der Waals surface area contributed by atoms with Gasteiger partial charge < -0.3 is 4.52 Å². The maximum absolute atomic E-state index is 13.0. The van der Waals surface area contributed by atoms with E-state index in [1.54, 1.807) is 12.1 Å². The Labute approximate surface area is 123 Å². The summed E-state index contributed by atoms with van der Waals surface area (Å²) in [6.45, 7) is 5.89. The fraction of sp³-hybridized carbons (Fsp3) is 0.438. The molecule has 2 aromatic rings. The van der Waals surface area contributed by atoms with Crippen molar-refractivity contribution in [3.63, 3.8) is 0 Å². The lowest BCUT2D eigenvalue weighted by molar-refractivity contribution is 0.345. The van der Waals surface area contributed by atoms with Crippen LogP contribution in [0.15, 0.2) is 28.8 Å². The zero-order valence-electron chi connectivity index (χ0n) is 12.4. The Bertz CT molecular complexity index is 640. The van der Waals surface area contributed by atoms with E-state index in [0.717, 1.165) is 5.56 Å². The first-order valence-corrected chi connectivity index (χ1v) is 6.92. The summed E-state index contributed by atoms with van der Waals surface area (Å²) in [7, 11) is 0. The average Bonchev–Trinajstić information content (AvgIpc) is 2.96. The van der Waals surface area contributed by atoms with Gasteiger partial charge in [0.05, 0.1) is 11.5 Å². The number of halogens is 1. The molecule has 0 saturated heterocycles. The molecule has 4 nitrogen and oxygen atoms in total. The van der Waals surface area contributed by atoms with Gasteiger partial charge in [0, 0.05) is 12.3 Å². The summed E-state index contributed by atoms with van der Waals surface area (Å²) in [6, 6.07) is 8.41.